The molecule has 0 N–H and O–H groups in total. The summed E-state index contributed by atoms with van der Waals surface area (Å²) in [6.07, 6.45) is 3.04. The van der Waals surface area contributed by atoms with Crippen LogP contribution in [0.3, 0.4) is 0 Å². The van der Waals surface area contributed by atoms with Gasteiger partial charge in [-0.2, -0.15) is 0 Å². The van der Waals surface area contributed by atoms with E-state index in [1.165, 1.54) is 19.8 Å². The maximum absolute atomic E-state index is 13.2. The Morgan fingerprint density at radius 1 is 0.973 bits per heavy atom. The van der Waals surface area contributed by atoms with Gasteiger partial charge in [-0.25, -0.2) is 4.79 Å². The monoisotopic (exact) mass is 517 g/mol. The number of carbonyl (C=O) groups excluding carboxylic acids is 1. The van der Waals surface area contributed by atoms with Gasteiger partial charge >= 0.3 is 11.6 Å². The van der Waals surface area contributed by atoms with E-state index < -0.39 is 11.6 Å². The number of esters is 1. The van der Waals surface area contributed by atoms with Gasteiger partial charge in [-0.3, -0.25) is 9.69 Å². The van der Waals surface area contributed by atoms with Crippen LogP contribution in [0.4, 0.5) is 0 Å². The lowest BCUT2D eigenvalue weighted by Gasteiger charge is -2.15. The van der Waals surface area contributed by atoms with Gasteiger partial charge in [0, 0.05) is 29.9 Å². The van der Waals surface area contributed by atoms with Crippen molar-refractivity contribution in [1.82, 2.24) is 4.90 Å². The van der Waals surface area contributed by atoms with E-state index in [4.69, 9.17) is 25.5 Å². The minimum absolute atomic E-state index is 0.323. The van der Waals surface area contributed by atoms with Crippen molar-refractivity contribution in [3.63, 3.8) is 0 Å². The second-order valence-corrected chi connectivity index (χ2v) is 9.66. The van der Waals surface area contributed by atoms with Crippen LogP contribution in [-0.2, 0) is 11.2 Å². The second-order valence-electron chi connectivity index (χ2n) is 9.22. The van der Waals surface area contributed by atoms with Crippen LogP contribution in [-0.4, -0.2) is 37.1 Å². The van der Waals surface area contributed by atoms with Crippen LogP contribution in [0.1, 0.15) is 30.9 Å². The van der Waals surface area contributed by atoms with Gasteiger partial charge in [0.15, 0.2) is 0 Å². The number of hydrogen-bond donors (Lipinski definition) is 0. The Labute approximate surface area is 220 Å². The SMILES string of the molecule is CC(=O)Oc1ccc2c(Cc3ccc(OCCN4CCCC4)cc3)c(-c3ccc(Cl)cc3)c(=O)oc2c1. The summed E-state index contributed by atoms with van der Waals surface area (Å²) < 4.78 is 16.8. The van der Waals surface area contributed by atoms with Gasteiger partial charge < -0.3 is 13.9 Å². The van der Waals surface area contributed by atoms with Crippen LogP contribution in [0, 0.1) is 0 Å². The predicted molar refractivity (Wildman–Crippen MR) is 145 cm³/mol. The van der Waals surface area contributed by atoms with Crippen molar-refractivity contribution in [3.8, 4) is 22.6 Å². The van der Waals surface area contributed by atoms with Crippen LogP contribution in [0.25, 0.3) is 22.1 Å². The van der Waals surface area contributed by atoms with Crippen LogP contribution >= 0.6 is 11.6 Å². The molecule has 0 unspecified atom stereocenters. The summed E-state index contributed by atoms with van der Waals surface area (Å²) in [5.41, 5.74) is 2.95. The lowest BCUT2D eigenvalue weighted by atomic mass is 9.93. The molecule has 190 valence electrons. The molecule has 1 aromatic heterocycles. The van der Waals surface area contributed by atoms with Crippen molar-refractivity contribution in [1.29, 1.82) is 0 Å². The minimum Gasteiger partial charge on any atom is -0.492 e. The predicted octanol–water partition coefficient (Wildman–Crippen LogP) is 6.10. The normalized spacial score (nSPS) is 13.7. The Bertz CT molecular complexity index is 1450. The average molecular weight is 518 g/mol. The summed E-state index contributed by atoms with van der Waals surface area (Å²) in [5, 5.41) is 1.35. The third-order valence-electron chi connectivity index (χ3n) is 6.56. The molecular formula is C30H28ClNO5. The largest absolute Gasteiger partial charge is 0.492 e. The number of benzene rings is 3. The van der Waals surface area contributed by atoms with E-state index in [2.05, 4.69) is 4.90 Å². The molecule has 1 saturated heterocycles. The molecular weight excluding hydrogens is 490 g/mol. The summed E-state index contributed by atoms with van der Waals surface area (Å²) >= 11 is 6.09. The second kappa shape index (κ2) is 11.2. The van der Waals surface area contributed by atoms with E-state index in [-0.39, 0.29) is 0 Å². The van der Waals surface area contributed by atoms with Crippen LogP contribution in [0.2, 0.25) is 5.02 Å². The Morgan fingerprint density at radius 3 is 2.38 bits per heavy atom. The van der Waals surface area contributed by atoms with Crippen LogP contribution in [0.15, 0.2) is 75.9 Å². The molecule has 0 bridgehead atoms. The molecule has 7 heteroatoms. The molecule has 0 saturated carbocycles. The number of fused-ring (bicyclic) bond motifs is 1. The van der Waals surface area contributed by atoms with Crippen molar-refractivity contribution in [3.05, 3.63) is 93.3 Å². The Balaban J connectivity index is 1.46. The molecule has 0 atom stereocenters. The minimum atomic E-state index is -0.466. The number of rotatable bonds is 8. The molecule has 0 aliphatic carbocycles. The van der Waals surface area contributed by atoms with Gasteiger partial charge in [-0.15, -0.1) is 0 Å². The van der Waals surface area contributed by atoms with Gasteiger partial charge in [-0.05, 0) is 85.4 Å². The third-order valence-corrected chi connectivity index (χ3v) is 6.81. The summed E-state index contributed by atoms with van der Waals surface area (Å²) in [6.45, 7) is 5.23. The van der Waals surface area contributed by atoms with Gasteiger partial charge in [0.1, 0.15) is 23.7 Å². The fourth-order valence-corrected chi connectivity index (χ4v) is 4.90. The standard InChI is InChI=1S/C30H28ClNO5/c1-20(33)36-25-12-13-26-27(29(30(34)37-28(26)19-25)22-6-8-23(31)9-7-22)18-21-4-10-24(11-5-21)35-17-16-32-14-2-3-15-32/h4-13,19H,2-3,14-18H2,1H3. The molecule has 3 aromatic carbocycles. The highest BCUT2D eigenvalue weighted by Crippen LogP contribution is 2.32. The lowest BCUT2D eigenvalue weighted by Crippen LogP contribution is -2.25. The number of halogens is 1. The summed E-state index contributed by atoms with van der Waals surface area (Å²) in [6, 6.07) is 20.2. The lowest BCUT2D eigenvalue weighted by molar-refractivity contribution is -0.131. The van der Waals surface area contributed by atoms with Crippen molar-refractivity contribution in [2.75, 3.05) is 26.2 Å². The van der Waals surface area contributed by atoms with Crippen molar-refractivity contribution >= 4 is 28.5 Å². The zero-order chi connectivity index (χ0) is 25.8. The Kier molecular flexibility index (Phi) is 7.58. The topological polar surface area (TPSA) is 69.0 Å². The molecule has 0 spiro atoms. The molecule has 6 nitrogen and oxygen atoms in total. The van der Waals surface area contributed by atoms with Crippen LogP contribution < -0.4 is 15.1 Å². The Morgan fingerprint density at radius 2 is 1.68 bits per heavy atom. The Hall–Kier alpha value is -3.61. The number of hydrogen-bond acceptors (Lipinski definition) is 6. The van der Waals surface area contributed by atoms with E-state index in [0.717, 1.165) is 47.5 Å². The average Bonchev–Trinajstić information content (AvgIpc) is 3.39. The maximum atomic E-state index is 13.2. The fourth-order valence-electron chi connectivity index (χ4n) is 4.77. The number of carbonyl (C=O) groups is 1. The molecule has 0 radical (unpaired) electrons. The highest BCUT2D eigenvalue weighted by molar-refractivity contribution is 6.30. The van der Waals surface area contributed by atoms with E-state index in [9.17, 15) is 9.59 Å². The first-order valence-electron chi connectivity index (χ1n) is 12.4. The summed E-state index contributed by atoms with van der Waals surface area (Å²) in [7, 11) is 0. The molecule has 5 rings (SSSR count). The van der Waals surface area contributed by atoms with Crippen molar-refractivity contribution < 1.29 is 18.7 Å². The molecule has 1 aliphatic heterocycles. The smallest absolute Gasteiger partial charge is 0.344 e. The van der Waals surface area contributed by atoms with E-state index in [1.807, 2.05) is 42.5 Å². The number of nitrogens with zero attached hydrogens (tertiary/aromatic N) is 1. The first-order valence-corrected chi connectivity index (χ1v) is 12.8. The molecule has 0 amide bonds. The molecule has 2 heterocycles. The first kappa shape index (κ1) is 25.1. The van der Waals surface area contributed by atoms with Gasteiger partial charge in [0.05, 0.1) is 5.56 Å². The summed E-state index contributed by atoms with van der Waals surface area (Å²) in [4.78, 5) is 27.0. The number of ether oxygens (including phenoxy) is 2. The van der Waals surface area contributed by atoms with E-state index in [0.29, 0.717) is 34.9 Å². The quantitative estimate of drug-likeness (QED) is 0.160. The van der Waals surface area contributed by atoms with Gasteiger partial charge in [0.25, 0.3) is 0 Å². The zero-order valence-corrected chi connectivity index (χ0v) is 21.4. The zero-order valence-electron chi connectivity index (χ0n) is 20.7. The van der Waals surface area contributed by atoms with Crippen molar-refractivity contribution in [2.45, 2.75) is 26.2 Å². The van der Waals surface area contributed by atoms with Gasteiger partial charge in [0.2, 0.25) is 0 Å². The highest BCUT2D eigenvalue weighted by Gasteiger charge is 2.18. The molecule has 1 aliphatic rings. The van der Waals surface area contributed by atoms with E-state index >= 15 is 0 Å². The molecule has 4 aromatic rings. The van der Waals surface area contributed by atoms with E-state index in [1.54, 1.807) is 24.3 Å². The summed E-state index contributed by atoms with van der Waals surface area (Å²) in [5.74, 6) is 0.704. The fraction of sp³-hybridized carbons (Fsp3) is 0.267. The third kappa shape index (κ3) is 6.04. The maximum Gasteiger partial charge on any atom is 0.344 e. The molecule has 1 fully saturated rings. The number of likely N-dealkylation sites (tertiary alicyclic amines) is 1. The van der Waals surface area contributed by atoms with Gasteiger partial charge in [-0.1, -0.05) is 35.9 Å². The van der Waals surface area contributed by atoms with Crippen LogP contribution in [0.5, 0.6) is 11.5 Å². The van der Waals surface area contributed by atoms with Crippen molar-refractivity contribution in [2.24, 2.45) is 0 Å². The first-order chi connectivity index (χ1) is 18.0. The molecule has 37 heavy (non-hydrogen) atoms. The highest BCUT2D eigenvalue weighted by atomic mass is 35.5.